The molecule has 1 unspecified atom stereocenters. The van der Waals surface area contributed by atoms with Gasteiger partial charge in [-0.25, -0.2) is 4.79 Å². The molecule has 3 aromatic rings. The van der Waals surface area contributed by atoms with E-state index in [-0.39, 0.29) is 32.1 Å². The van der Waals surface area contributed by atoms with E-state index in [1.165, 1.54) is 10.8 Å². The summed E-state index contributed by atoms with van der Waals surface area (Å²) in [6.07, 6.45) is 1.81. The average Bonchev–Trinajstić information content (AvgIpc) is 3.37. The van der Waals surface area contributed by atoms with Gasteiger partial charge in [-0.05, 0) is 18.9 Å². The minimum atomic E-state index is -0.648. The number of fused-ring (bicyclic) bond motifs is 1. The number of rotatable bonds is 10. The van der Waals surface area contributed by atoms with Crippen LogP contribution >= 0.6 is 0 Å². The number of carbonyl (C=O) groups excluding carboxylic acids is 3. The van der Waals surface area contributed by atoms with E-state index in [4.69, 9.17) is 18.6 Å². The zero-order valence-electron chi connectivity index (χ0n) is 17.5. The van der Waals surface area contributed by atoms with Crippen molar-refractivity contribution in [2.45, 2.75) is 40.0 Å². The van der Waals surface area contributed by atoms with Crippen LogP contribution in [0, 0.1) is 5.92 Å². The summed E-state index contributed by atoms with van der Waals surface area (Å²) in [5.74, 6) is -2.21. The van der Waals surface area contributed by atoms with E-state index in [0.717, 1.165) is 5.56 Å². The van der Waals surface area contributed by atoms with E-state index < -0.39 is 23.8 Å². The van der Waals surface area contributed by atoms with Crippen LogP contribution in [0.1, 0.15) is 42.7 Å². The smallest absolute Gasteiger partial charge is 0.355 e. The fraction of sp³-hybridized carbons (Fsp3) is 0.348. The van der Waals surface area contributed by atoms with E-state index in [0.29, 0.717) is 17.5 Å². The standard InChI is InChI=1S/C23H25NO7/c1-3-17(12-21(25)30-14-16-8-6-5-7-9-16)22(26)31-15-24-18-10-11-29-20(18)13-19(24)23(27)28-4-2/h5-11,13,17H,3-4,12,14-15H2,1-2H3. The molecule has 8 nitrogen and oxygen atoms in total. The highest BCUT2D eigenvalue weighted by molar-refractivity contribution is 5.94. The fourth-order valence-corrected chi connectivity index (χ4v) is 3.13. The molecule has 0 saturated carbocycles. The van der Waals surface area contributed by atoms with Crippen LogP contribution in [-0.2, 0) is 37.1 Å². The number of carbonyl (C=O) groups is 3. The predicted octanol–water partition coefficient (Wildman–Crippen LogP) is 4.07. The number of esters is 3. The first-order chi connectivity index (χ1) is 15.0. The van der Waals surface area contributed by atoms with Gasteiger partial charge in [-0.2, -0.15) is 0 Å². The number of ether oxygens (including phenoxy) is 3. The van der Waals surface area contributed by atoms with Crippen molar-refractivity contribution in [3.63, 3.8) is 0 Å². The van der Waals surface area contributed by atoms with Crippen LogP contribution in [0.25, 0.3) is 11.1 Å². The molecule has 2 heterocycles. The van der Waals surface area contributed by atoms with Gasteiger partial charge >= 0.3 is 17.9 Å². The second-order valence-corrected chi connectivity index (χ2v) is 6.90. The Kier molecular flexibility index (Phi) is 7.48. The number of hydrogen-bond donors (Lipinski definition) is 0. The fourth-order valence-electron chi connectivity index (χ4n) is 3.13. The Labute approximate surface area is 179 Å². The quantitative estimate of drug-likeness (QED) is 0.355. The first-order valence-electron chi connectivity index (χ1n) is 10.1. The van der Waals surface area contributed by atoms with Crippen molar-refractivity contribution in [1.82, 2.24) is 4.57 Å². The van der Waals surface area contributed by atoms with Crippen molar-refractivity contribution in [3.05, 3.63) is 60.0 Å². The van der Waals surface area contributed by atoms with Crippen molar-refractivity contribution in [2.24, 2.45) is 5.92 Å². The Morgan fingerprint density at radius 3 is 2.52 bits per heavy atom. The Hall–Kier alpha value is -3.55. The van der Waals surface area contributed by atoms with Crippen LogP contribution in [0.15, 0.2) is 53.1 Å². The number of benzene rings is 1. The van der Waals surface area contributed by atoms with E-state index in [1.54, 1.807) is 26.0 Å². The first kappa shape index (κ1) is 22.1. The molecule has 0 aliphatic carbocycles. The third kappa shape index (κ3) is 5.53. The van der Waals surface area contributed by atoms with Crippen LogP contribution in [0.2, 0.25) is 0 Å². The maximum Gasteiger partial charge on any atom is 0.355 e. The van der Waals surface area contributed by atoms with E-state index >= 15 is 0 Å². The van der Waals surface area contributed by atoms with Gasteiger partial charge in [0.2, 0.25) is 0 Å². The van der Waals surface area contributed by atoms with Crippen molar-refractivity contribution >= 4 is 29.0 Å². The van der Waals surface area contributed by atoms with Crippen LogP contribution in [-0.4, -0.2) is 29.1 Å². The maximum absolute atomic E-state index is 12.6. The van der Waals surface area contributed by atoms with Crippen LogP contribution in [0.4, 0.5) is 0 Å². The molecule has 0 aliphatic heterocycles. The van der Waals surface area contributed by atoms with Gasteiger partial charge in [-0.15, -0.1) is 0 Å². The molecule has 0 bridgehead atoms. The second-order valence-electron chi connectivity index (χ2n) is 6.90. The largest absolute Gasteiger partial charge is 0.463 e. The molecule has 0 aliphatic rings. The normalized spacial score (nSPS) is 11.8. The van der Waals surface area contributed by atoms with Crippen molar-refractivity contribution in [1.29, 1.82) is 0 Å². The minimum absolute atomic E-state index is 0.0836. The third-order valence-corrected chi connectivity index (χ3v) is 4.83. The summed E-state index contributed by atoms with van der Waals surface area (Å²) in [4.78, 5) is 37.0. The summed E-state index contributed by atoms with van der Waals surface area (Å²) in [5, 5.41) is 0. The molecule has 164 valence electrons. The predicted molar refractivity (Wildman–Crippen MR) is 111 cm³/mol. The van der Waals surface area contributed by atoms with Crippen LogP contribution in [0.5, 0.6) is 0 Å². The number of hydrogen-bond acceptors (Lipinski definition) is 7. The van der Waals surface area contributed by atoms with Gasteiger partial charge < -0.3 is 18.6 Å². The van der Waals surface area contributed by atoms with Gasteiger partial charge in [-0.1, -0.05) is 37.3 Å². The molecule has 1 aromatic carbocycles. The molecule has 8 heteroatoms. The average molecular weight is 427 g/mol. The van der Waals surface area contributed by atoms with E-state index in [9.17, 15) is 14.4 Å². The lowest BCUT2D eigenvalue weighted by molar-refractivity contribution is -0.158. The van der Waals surface area contributed by atoms with Gasteiger partial charge in [0.05, 0.1) is 30.7 Å². The number of furan rings is 1. The van der Waals surface area contributed by atoms with Crippen molar-refractivity contribution in [2.75, 3.05) is 6.61 Å². The maximum atomic E-state index is 12.6. The molecule has 0 fully saturated rings. The van der Waals surface area contributed by atoms with Gasteiger partial charge in [0.25, 0.3) is 0 Å². The zero-order valence-corrected chi connectivity index (χ0v) is 17.5. The van der Waals surface area contributed by atoms with Gasteiger partial charge in [0.15, 0.2) is 12.3 Å². The Balaban J connectivity index is 1.60. The molecular formula is C23H25NO7. The molecule has 0 amide bonds. The summed E-state index contributed by atoms with van der Waals surface area (Å²) in [6.45, 7) is 3.66. The number of aromatic nitrogens is 1. The Morgan fingerprint density at radius 1 is 1.03 bits per heavy atom. The molecule has 0 spiro atoms. The summed E-state index contributed by atoms with van der Waals surface area (Å²) >= 11 is 0. The van der Waals surface area contributed by atoms with E-state index in [1.807, 2.05) is 30.3 Å². The monoisotopic (exact) mass is 427 g/mol. The van der Waals surface area contributed by atoms with Crippen LogP contribution in [0.3, 0.4) is 0 Å². The zero-order chi connectivity index (χ0) is 22.2. The molecule has 0 saturated heterocycles. The lowest BCUT2D eigenvalue weighted by Gasteiger charge is -2.15. The molecule has 0 N–H and O–H groups in total. The van der Waals surface area contributed by atoms with Crippen molar-refractivity contribution < 1.29 is 33.0 Å². The highest BCUT2D eigenvalue weighted by Gasteiger charge is 2.24. The van der Waals surface area contributed by atoms with Gasteiger partial charge in [0, 0.05) is 12.1 Å². The highest BCUT2D eigenvalue weighted by Crippen LogP contribution is 2.22. The van der Waals surface area contributed by atoms with E-state index in [2.05, 4.69) is 0 Å². The molecule has 1 atom stereocenters. The topological polar surface area (TPSA) is 97.0 Å². The minimum Gasteiger partial charge on any atom is -0.463 e. The molecule has 3 rings (SSSR count). The molecule has 0 radical (unpaired) electrons. The Morgan fingerprint density at radius 2 is 1.81 bits per heavy atom. The molecule has 2 aromatic heterocycles. The third-order valence-electron chi connectivity index (χ3n) is 4.83. The van der Waals surface area contributed by atoms with Gasteiger partial charge in [0.1, 0.15) is 12.3 Å². The summed E-state index contributed by atoms with van der Waals surface area (Å²) in [6, 6.07) is 12.5. The second kappa shape index (κ2) is 10.5. The Bertz CT molecular complexity index is 1030. The lowest BCUT2D eigenvalue weighted by atomic mass is 10.0. The van der Waals surface area contributed by atoms with Gasteiger partial charge in [-0.3, -0.25) is 14.2 Å². The molecule has 31 heavy (non-hydrogen) atoms. The summed E-state index contributed by atoms with van der Waals surface area (Å²) < 4.78 is 22.6. The summed E-state index contributed by atoms with van der Waals surface area (Å²) in [5.41, 5.74) is 2.18. The highest BCUT2D eigenvalue weighted by atomic mass is 16.6. The lowest BCUT2D eigenvalue weighted by Crippen LogP contribution is -2.23. The van der Waals surface area contributed by atoms with Crippen LogP contribution < -0.4 is 0 Å². The van der Waals surface area contributed by atoms with Crippen molar-refractivity contribution in [3.8, 4) is 0 Å². The summed E-state index contributed by atoms with van der Waals surface area (Å²) in [7, 11) is 0. The SMILES string of the molecule is CCOC(=O)c1cc2occc2n1COC(=O)C(CC)CC(=O)OCc1ccccc1. The first-order valence-corrected chi connectivity index (χ1v) is 10.1. The molecular weight excluding hydrogens is 402 g/mol. The number of nitrogens with zero attached hydrogens (tertiary/aromatic N) is 1.